The highest BCUT2D eigenvalue weighted by Crippen LogP contribution is 2.21. The summed E-state index contributed by atoms with van der Waals surface area (Å²) in [5.41, 5.74) is 0.374. The van der Waals surface area contributed by atoms with Crippen molar-refractivity contribution in [1.82, 2.24) is 9.71 Å². The van der Waals surface area contributed by atoms with Crippen LogP contribution in [0.3, 0.4) is 0 Å². The Morgan fingerprint density at radius 1 is 1.41 bits per heavy atom. The number of aromatic nitrogens is 1. The van der Waals surface area contributed by atoms with E-state index < -0.39 is 34.9 Å². The van der Waals surface area contributed by atoms with E-state index in [0.29, 0.717) is 5.69 Å². The number of alkyl halides is 3. The average Bonchev–Trinajstić information content (AvgIpc) is 2.41. The van der Waals surface area contributed by atoms with Gasteiger partial charge in [0.25, 0.3) is 0 Å². The summed E-state index contributed by atoms with van der Waals surface area (Å²) in [4.78, 5) is 3.95. The second kappa shape index (κ2) is 7.22. The van der Waals surface area contributed by atoms with Gasteiger partial charge in [0.1, 0.15) is 10.5 Å². The smallest absolute Gasteiger partial charge is 0.422 e. The highest BCUT2D eigenvalue weighted by atomic mass is 32.2. The summed E-state index contributed by atoms with van der Waals surface area (Å²) in [6, 6.07) is 2.06. The third kappa shape index (κ3) is 6.13. The topological polar surface area (TPSA) is 57.2 Å². The normalized spacial score (nSPS) is 15.0. The minimum absolute atomic E-state index is 0.0196. The average molecular weight is 334 g/mol. The van der Waals surface area contributed by atoms with Crippen LogP contribution in [0.5, 0.6) is 5.75 Å². The number of hydrogen-bond donors (Lipinski definition) is 1. The van der Waals surface area contributed by atoms with E-state index in [2.05, 4.69) is 20.4 Å². The Hall–Kier alpha value is -1.43. The van der Waals surface area contributed by atoms with Crippen LogP contribution in [-0.2, 0) is 11.4 Å². The number of pyridine rings is 1. The molecule has 1 N–H and O–H groups in total. The van der Waals surface area contributed by atoms with E-state index in [1.807, 2.05) is 0 Å². The zero-order valence-corrected chi connectivity index (χ0v) is 13.2. The molecule has 8 heteroatoms. The molecule has 0 spiro atoms. The lowest BCUT2D eigenvalue weighted by atomic mass is 10.2. The minimum Gasteiger partial charge on any atom is -0.598 e. The molecular weight excluding hydrogens is 317 g/mol. The highest BCUT2D eigenvalue weighted by Gasteiger charge is 2.30. The van der Waals surface area contributed by atoms with Crippen LogP contribution in [0.15, 0.2) is 18.3 Å². The van der Waals surface area contributed by atoms with Crippen LogP contribution in [0.1, 0.15) is 32.5 Å². The van der Waals surface area contributed by atoms with Gasteiger partial charge in [-0.1, -0.05) is 5.92 Å². The van der Waals surface area contributed by atoms with Crippen LogP contribution < -0.4 is 9.46 Å². The first-order valence-corrected chi connectivity index (χ1v) is 7.47. The molecule has 0 aromatic carbocycles. The summed E-state index contributed by atoms with van der Waals surface area (Å²) in [6.45, 7) is 3.96. The second-order valence-electron chi connectivity index (χ2n) is 5.42. The van der Waals surface area contributed by atoms with E-state index in [0.717, 1.165) is 6.20 Å². The van der Waals surface area contributed by atoms with E-state index in [1.165, 1.54) is 12.1 Å². The third-order valence-corrected chi connectivity index (χ3v) is 3.97. The maximum atomic E-state index is 12.0. The van der Waals surface area contributed by atoms with E-state index in [9.17, 15) is 17.7 Å². The van der Waals surface area contributed by atoms with Crippen LogP contribution in [0.4, 0.5) is 13.2 Å². The molecule has 0 amide bonds. The number of terminal acetylenes is 1. The molecule has 0 saturated heterocycles. The van der Waals surface area contributed by atoms with Crippen LogP contribution in [0.25, 0.3) is 0 Å². The van der Waals surface area contributed by atoms with Gasteiger partial charge in [-0.2, -0.15) is 13.2 Å². The Balaban J connectivity index is 2.73. The third-order valence-electron chi connectivity index (χ3n) is 2.41. The van der Waals surface area contributed by atoms with Gasteiger partial charge < -0.3 is 9.29 Å². The monoisotopic (exact) mass is 334 g/mol. The predicted molar refractivity (Wildman–Crippen MR) is 78.4 cm³/mol. The van der Waals surface area contributed by atoms with Gasteiger partial charge in [-0.3, -0.25) is 4.98 Å². The van der Waals surface area contributed by atoms with Crippen molar-refractivity contribution in [2.24, 2.45) is 0 Å². The molecule has 0 aliphatic heterocycles. The first-order chi connectivity index (χ1) is 10.0. The summed E-state index contributed by atoms with van der Waals surface area (Å²) in [6.07, 6.45) is 2.12. The lowest BCUT2D eigenvalue weighted by Crippen LogP contribution is -2.41. The van der Waals surface area contributed by atoms with Crippen molar-refractivity contribution >= 4 is 11.4 Å². The summed E-state index contributed by atoms with van der Waals surface area (Å²) >= 11 is -1.40. The molecule has 22 heavy (non-hydrogen) atoms. The van der Waals surface area contributed by atoms with Crippen LogP contribution in [0.2, 0.25) is 0 Å². The molecule has 0 bridgehead atoms. The molecule has 1 aromatic heterocycles. The van der Waals surface area contributed by atoms with E-state index in [4.69, 9.17) is 6.42 Å². The molecule has 1 aromatic rings. The fourth-order valence-corrected chi connectivity index (χ4v) is 2.03. The number of ether oxygens (including phenoxy) is 1. The largest absolute Gasteiger partial charge is 0.598 e. The molecule has 2 atom stereocenters. The Kier molecular flexibility index (Phi) is 6.11. The lowest BCUT2D eigenvalue weighted by molar-refractivity contribution is -0.153. The molecule has 0 radical (unpaired) electrons. The van der Waals surface area contributed by atoms with Gasteiger partial charge in [-0.25, -0.2) is 0 Å². The predicted octanol–water partition coefficient (Wildman–Crippen LogP) is 2.75. The highest BCUT2D eigenvalue weighted by molar-refractivity contribution is 7.90. The van der Waals surface area contributed by atoms with Gasteiger partial charge >= 0.3 is 6.18 Å². The molecule has 0 aliphatic carbocycles. The SMILES string of the molecule is C#C[C@@H](N[S@+]([O-])C(C)(C)C)c1ccc(OCC(F)(F)F)cn1. The van der Waals surface area contributed by atoms with Gasteiger partial charge in [0.15, 0.2) is 12.6 Å². The molecule has 1 heterocycles. The second-order valence-corrected chi connectivity index (χ2v) is 7.42. The van der Waals surface area contributed by atoms with Crippen LogP contribution in [0, 0.1) is 12.3 Å². The Bertz CT molecular complexity index is 521. The van der Waals surface area contributed by atoms with Gasteiger partial charge in [0.05, 0.1) is 11.9 Å². The number of nitrogens with one attached hydrogen (secondary N) is 1. The number of halogens is 3. The van der Waals surface area contributed by atoms with Crippen LogP contribution >= 0.6 is 0 Å². The Labute approximate surface area is 130 Å². The summed E-state index contributed by atoms with van der Waals surface area (Å²) < 4.78 is 54.9. The van der Waals surface area contributed by atoms with Gasteiger partial charge in [-0.05, 0) is 32.9 Å². The summed E-state index contributed by atoms with van der Waals surface area (Å²) in [5.74, 6) is 2.39. The molecule has 1 rings (SSSR count). The lowest BCUT2D eigenvalue weighted by Gasteiger charge is -2.25. The van der Waals surface area contributed by atoms with Gasteiger partial charge in [0, 0.05) is 11.4 Å². The zero-order valence-electron chi connectivity index (χ0n) is 12.4. The van der Waals surface area contributed by atoms with Crippen LogP contribution in [-0.4, -0.2) is 27.1 Å². The van der Waals surface area contributed by atoms with Crippen molar-refractivity contribution < 1.29 is 22.5 Å². The molecule has 122 valence electrons. The van der Waals surface area contributed by atoms with Crippen molar-refractivity contribution in [3.05, 3.63) is 24.0 Å². The van der Waals surface area contributed by atoms with Crippen molar-refractivity contribution in [3.63, 3.8) is 0 Å². The number of rotatable bonds is 5. The maximum Gasteiger partial charge on any atom is 0.422 e. The molecule has 0 aliphatic rings. The van der Waals surface area contributed by atoms with Crippen molar-refractivity contribution in [3.8, 4) is 18.1 Å². The first-order valence-electron chi connectivity index (χ1n) is 6.32. The molecule has 0 saturated carbocycles. The van der Waals surface area contributed by atoms with E-state index in [-0.39, 0.29) is 5.75 Å². The molecule has 0 unspecified atom stereocenters. The number of hydrogen-bond acceptors (Lipinski definition) is 4. The van der Waals surface area contributed by atoms with Crippen molar-refractivity contribution in [1.29, 1.82) is 0 Å². The molecule has 4 nitrogen and oxygen atoms in total. The van der Waals surface area contributed by atoms with E-state index in [1.54, 1.807) is 20.8 Å². The zero-order chi connectivity index (χ0) is 17.0. The standard InChI is InChI=1S/C14H17F3N2O2S/c1-5-11(19-22(20)13(2,3)4)12-7-6-10(8-18-12)21-9-14(15,16)17/h1,6-8,11,19H,9H2,2-4H3/t11-,22-/m1/s1. The Morgan fingerprint density at radius 2 is 2.05 bits per heavy atom. The van der Waals surface area contributed by atoms with E-state index >= 15 is 0 Å². The quantitative estimate of drug-likeness (QED) is 0.664. The molecular formula is C14H17F3N2O2S. The fourth-order valence-electron chi connectivity index (χ4n) is 1.28. The maximum absolute atomic E-state index is 12.0. The van der Waals surface area contributed by atoms with Gasteiger partial charge in [0.2, 0.25) is 0 Å². The number of nitrogens with zero attached hydrogens (tertiary/aromatic N) is 1. The molecule has 0 fully saturated rings. The fraction of sp³-hybridized carbons (Fsp3) is 0.500. The Morgan fingerprint density at radius 3 is 2.45 bits per heavy atom. The summed E-state index contributed by atoms with van der Waals surface area (Å²) in [5, 5.41) is 0. The van der Waals surface area contributed by atoms with Crippen molar-refractivity contribution in [2.75, 3.05) is 6.61 Å². The summed E-state index contributed by atoms with van der Waals surface area (Å²) in [7, 11) is 0. The van der Waals surface area contributed by atoms with Gasteiger partial charge in [-0.15, -0.1) is 11.1 Å². The minimum atomic E-state index is -4.41. The van der Waals surface area contributed by atoms with Crippen molar-refractivity contribution in [2.45, 2.75) is 37.7 Å². The first kappa shape index (κ1) is 18.6.